The fourth-order valence-electron chi connectivity index (χ4n) is 1.73. The summed E-state index contributed by atoms with van der Waals surface area (Å²) in [6.45, 7) is 0.527. The molecule has 0 bridgehead atoms. The average molecular weight is 271 g/mol. The van der Waals surface area contributed by atoms with Gasteiger partial charge in [-0.3, -0.25) is 4.79 Å². The van der Waals surface area contributed by atoms with Gasteiger partial charge in [0.1, 0.15) is 0 Å². The Labute approximate surface area is 117 Å². The summed E-state index contributed by atoms with van der Waals surface area (Å²) in [5.41, 5.74) is 8.64. The van der Waals surface area contributed by atoms with Crippen LogP contribution in [0.5, 0.6) is 0 Å². The van der Waals surface area contributed by atoms with Crippen molar-refractivity contribution in [3.63, 3.8) is 0 Å². The highest BCUT2D eigenvalue weighted by atomic mass is 16.2. The number of carbonyl (C=O) groups excluding carboxylic acids is 1. The van der Waals surface area contributed by atoms with Gasteiger partial charge in [0.05, 0.1) is 23.6 Å². The van der Waals surface area contributed by atoms with E-state index in [1.807, 2.05) is 12.1 Å². The molecule has 0 aliphatic carbocycles. The van der Waals surface area contributed by atoms with Crippen LogP contribution in [-0.2, 0) is 6.54 Å². The van der Waals surface area contributed by atoms with Crippen LogP contribution in [0.1, 0.15) is 16.1 Å². The summed E-state index contributed by atoms with van der Waals surface area (Å²) in [5, 5.41) is 11.0. The standard InChI is InChI=1S/C14H17N5O/c1-19(2)14(20)10-5-6-13(12(15)8-10)16-9-11-4-3-7-17-18-11/h3-8,16H,9,15H2,1-2H3. The van der Waals surface area contributed by atoms with E-state index in [0.29, 0.717) is 17.8 Å². The predicted molar refractivity (Wildman–Crippen MR) is 78.2 cm³/mol. The highest BCUT2D eigenvalue weighted by Gasteiger charge is 2.09. The minimum absolute atomic E-state index is 0.0721. The van der Waals surface area contributed by atoms with Gasteiger partial charge < -0.3 is 16.0 Å². The van der Waals surface area contributed by atoms with Gasteiger partial charge in [0, 0.05) is 25.9 Å². The van der Waals surface area contributed by atoms with Gasteiger partial charge >= 0.3 is 0 Å². The van der Waals surface area contributed by atoms with Crippen molar-refractivity contribution in [2.75, 3.05) is 25.1 Å². The summed E-state index contributed by atoms with van der Waals surface area (Å²) in [7, 11) is 3.41. The number of nitrogens with one attached hydrogen (secondary N) is 1. The maximum Gasteiger partial charge on any atom is 0.253 e. The van der Waals surface area contributed by atoms with Crippen molar-refractivity contribution < 1.29 is 4.79 Å². The second-order valence-corrected chi connectivity index (χ2v) is 4.57. The van der Waals surface area contributed by atoms with E-state index in [0.717, 1.165) is 11.4 Å². The first kappa shape index (κ1) is 13.8. The van der Waals surface area contributed by atoms with Gasteiger partial charge in [-0.25, -0.2) is 0 Å². The molecule has 104 valence electrons. The Bertz CT molecular complexity index is 598. The van der Waals surface area contributed by atoms with Gasteiger partial charge in [-0.1, -0.05) is 0 Å². The molecular weight excluding hydrogens is 254 g/mol. The Kier molecular flexibility index (Phi) is 4.14. The molecule has 0 saturated carbocycles. The molecular formula is C14H17N5O. The van der Waals surface area contributed by atoms with Crippen LogP contribution in [0.2, 0.25) is 0 Å². The lowest BCUT2D eigenvalue weighted by atomic mass is 10.1. The molecule has 1 heterocycles. The summed E-state index contributed by atoms with van der Waals surface area (Å²) in [5.74, 6) is -0.0721. The van der Waals surface area contributed by atoms with Gasteiger partial charge in [-0.2, -0.15) is 10.2 Å². The highest BCUT2D eigenvalue weighted by Crippen LogP contribution is 2.21. The summed E-state index contributed by atoms with van der Waals surface area (Å²) < 4.78 is 0. The summed E-state index contributed by atoms with van der Waals surface area (Å²) in [4.78, 5) is 13.3. The van der Waals surface area contributed by atoms with Crippen molar-refractivity contribution in [1.82, 2.24) is 15.1 Å². The lowest BCUT2D eigenvalue weighted by Crippen LogP contribution is -2.21. The van der Waals surface area contributed by atoms with Crippen LogP contribution in [0, 0.1) is 0 Å². The number of amides is 1. The minimum atomic E-state index is -0.0721. The van der Waals surface area contributed by atoms with Crippen molar-refractivity contribution >= 4 is 17.3 Å². The van der Waals surface area contributed by atoms with Crippen LogP contribution in [0.25, 0.3) is 0 Å². The third-order valence-electron chi connectivity index (χ3n) is 2.79. The maximum atomic E-state index is 11.8. The number of nitrogens with two attached hydrogens (primary N) is 1. The lowest BCUT2D eigenvalue weighted by Gasteiger charge is -2.13. The van der Waals surface area contributed by atoms with Crippen LogP contribution >= 0.6 is 0 Å². The molecule has 0 saturated heterocycles. The number of anilines is 2. The summed E-state index contributed by atoms with van der Waals surface area (Å²) >= 11 is 0. The molecule has 0 spiro atoms. The number of carbonyl (C=O) groups is 1. The Hall–Kier alpha value is -2.63. The second kappa shape index (κ2) is 6.01. The van der Waals surface area contributed by atoms with Gasteiger partial charge in [0.2, 0.25) is 0 Å². The molecule has 0 aliphatic rings. The molecule has 1 aromatic carbocycles. The molecule has 2 rings (SSSR count). The molecule has 20 heavy (non-hydrogen) atoms. The number of benzene rings is 1. The normalized spacial score (nSPS) is 10.1. The first-order chi connectivity index (χ1) is 9.58. The predicted octanol–water partition coefficient (Wildman–Crippen LogP) is 1.37. The van der Waals surface area contributed by atoms with Crippen molar-refractivity contribution in [3.05, 3.63) is 47.8 Å². The zero-order chi connectivity index (χ0) is 14.5. The zero-order valence-electron chi connectivity index (χ0n) is 11.5. The fourth-order valence-corrected chi connectivity index (χ4v) is 1.73. The van der Waals surface area contributed by atoms with Crippen LogP contribution in [0.3, 0.4) is 0 Å². The molecule has 0 radical (unpaired) electrons. The first-order valence-corrected chi connectivity index (χ1v) is 6.19. The third-order valence-corrected chi connectivity index (χ3v) is 2.79. The van der Waals surface area contributed by atoms with Crippen LogP contribution < -0.4 is 11.1 Å². The number of nitrogens with zero attached hydrogens (tertiary/aromatic N) is 3. The van der Waals surface area contributed by atoms with Crippen LogP contribution in [0.15, 0.2) is 36.5 Å². The Morgan fingerprint density at radius 2 is 2.15 bits per heavy atom. The van der Waals surface area contributed by atoms with E-state index in [9.17, 15) is 4.79 Å². The highest BCUT2D eigenvalue weighted by molar-refractivity contribution is 5.95. The fraction of sp³-hybridized carbons (Fsp3) is 0.214. The molecule has 2 aromatic rings. The molecule has 0 fully saturated rings. The largest absolute Gasteiger partial charge is 0.397 e. The lowest BCUT2D eigenvalue weighted by molar-refractivity contribution is 0.0827. The van der Waals surface area contributed by atoms with Crippen LogP contribution in [0.4, 0.5) is 11.4 Å². The van der Waals surface area contributed by atoms with Gasteiger partial charge in [0.25, 0.3) is 5.91 Å². The van der Waals surface area contributed by atoms with Crippen LogP contribution in [-0.4, -0.2) is 35.1 Å². The molecule has 3 N–H and O–H groups in total. The molecule has 0 unspecified atom stereocenters. The molecule has 0 atom stereocenters. The molecule has 1 amide bonds. The first-order valence-electron chi connectivity index (χ1n) is 6.19. The van der Waals surface area contributed by atoms with Gasteiger partial charge in [-0.15, -0.1) is 0 Å². The molecule has 6 nitrogen and oxygen atoms in total. The van der Waals surface area contributed by atoms with Gasteiger partial charge in [0.15, 0.2) is 0 Å². The van der Waals surface area contributed by atoms with Crippen molar-refractivity contribution in [2.45, 2.75) is 6.54 Å². The number of hydrogen-bond donors (Lipinski definition) is 2. The Balaban J connectivity index is 2.08. The number of nitrogen functional groups attached to an aromatic ring is 1. The minimum Gasteiger partial charge on any atom is -0.397 e. The zero-order valence-corrected chi connectivity index (χ0v) is 11.5. The van der Waals surface area contributed by atoms with Crippen molar-refractivity contribution in [1.29, 1.82) is 0 Å². The maximum absolute atomic E-state index is 11.8. The molecule has 1 aromatic heterocycles. The molecule has 6 heteroatoms. The number of hydrogen-bond acceptors (Lipinski definition) is 5. The van der Waals surface area contributed by atoms with Gasteiger partial charge in [-0.05, 0) is 30.3 Å². The Morgan fingerprint density at radius 1 is 1.35 bits per heavy atom. The van der Waals surface area contributed by atoms with E-state index in [2.05, 4.69) is 15.5 Å². The van der Waals surface area contributed by atoms with E-state index >= 15 is 0 Å². The van der Waals surface area contributed by atoms with E-state index in [-0.39, 0.29) is 5.91 Å². The molecule has 0 aliphatic heterocycles. The quantitative estimate of drug-likeness (QED) is 0.820. The number of aromatic nitrogens is 2. The smallest absolute Gasteiger partial charge is 0.253 e. The number of rotatable bonds is 4. The third kappa shape index (κ3) is 3.23. The van der Waals surface area contributed by atoms with Crippen molar-refractivity contribution in [2.24, 2.45) is 0 Å². The average Bonchev–Trinajstić information content (AvgIpc) is 2.46. The van der Waals surface area contributed by atoms with E-state index in [1.54, 1.807) is 38.5 Å². The van der Waals surface area contributed by atoms with Crippen molar-refractivity contribution in [3.8, 4) is 0 Å². The summed E-state index contributed by atoms with van der Waals surface area (Å²) in [6.07, 6.45) is 1.62. The summed E-state index contributed by atoms with van der Waals surface area (Å²) in [6, 6.07) is 8.91. The topological polar surface area (TPSA) is 84.1 Å². The SMILES string of the molecule is CN(C)C(=O)c1ccc(NCc2cccnn2)c(N)c1. The van der Waals surface area contributed by atoms with E-state index in [4.69, 9.17) is 5.73 Å². The monoisotopic (exact) mass is 271 g/mol. The van der Waals surface area contributed by atoms with E-state index < -0.39 is 0 Å². The second-order valence-electron chi connectivity index (χ2n) is 4.57. The van der Waals surface area contributed by atoms with E-state index in [1.165, 1.54) is 4.90 Å². The Morgan fingerprint density at radius 3 is 2.75 bits per heavy atom.